The molecule has 94 valence electrons. The Labute approximate surface area is 103 Å². The van der Waals surface area contributed by atoms with E-state index in [0.717, 1.165) is 44.3 Å². The van der Waals surface area contributed by atoms with Crippen LogP contribution >= 0.6 is 0 Å². The van der Waals surface area contributed by atoms with Gasteiger partial charge in [0.15, 0.2) is 0 Å². The maximum atomic E-state index is 6.05. The fourth-order valence-electron chi connectivity index (χ4n) is 2.25. The van der Waals surface area contributed by atoms with Crippen LogP contribution in [0.3, 0.4) is 0 Å². The molecule has 0 saturated carbocycles. The fourth-order valence-corrected chi connectivity index (χ4v) is 17.0. The van der Waals surface area contributed by atoms with Crippen molar-refractivity contribution in [3.8, 4) is 0 Å². The van der Waals surface area contributed by atoms with Crippen LogP contribution in [0.2, 0.25) is 24.5 Å². The summed E-state index contributed by atoms with van der Waals surface area (Å²) in [5.41, 5.74) is 0. The molecule has 0 aliphatic carbocycles. The predicted molar refractivity (Wildman–Crippen MR) is 68.2 cm³/mol. The van der Waals surface area contributed by atoms with Gasteiger partial charge in [-0.3, -0.25) is 0 Å². The van der Waals surface area contributed by atoms with Crippen LogP contribution in [0.25, 0.3) is 0 Å². The molecule has 0 radical (unpaired) electrons. The molecule has 0 aromatic rings. The summed E-state index contributed by atoms with van der Waals surface area (Å²) < 4.78 is 18.2. The van der Waals surface area contributed by atoms with E-state index in [1.807, 2.05) is 0 Å². The van der Waals surface area contributed by atoms with Crippen LogP contribution in [0.5, 0.6) is 0 Å². The second-order valence-corrected chi connectivity index (χ2v) is 18.2. The number of fused-ring (bicyclic) bond motifs is 6. The first kappa shape index (κ1) is 13.0. The third kappa shape index (κ3) is 3.54. The number of hydrogen-bond acceptors (Lipinski definition) is 4. The van der Waals surface area contributed by atoms with Crippen molar-refractivity contribution in [1.29, 1.82) is 0 Å². The topological polar surface area (TPSA) is 30.9 Å². The van der Waals surface area contributed by atoms with Gasteiger partial charge in [-0.15, -0.1) is 0 Å². The molecule has 0 unspecified atom stereocenters. The van der Waals surface area contributed by atoms with Crippen molar-refractivity contribution in [2.24, 2.45) is 0 Å². The average Bonchev–Trinajstić information content (AvgIpc) is 2.04. The number of hydrogen-bond donors (Lipinski definition) is 0. The first-order valence-electron chi connectivity index (χ1n) is 6.13. The van der Waals surface area contributed by atoms with Crippen molar-refractivity contribution in [2.45, 2.75) is 24.5 Å². The van der Waals surface area contributed by atoms with E-state index in [4.69, 9.17) is 11.3 Å². The molecule has 6 heteroatoms. The van der Waals surface area contributed by atoms with Crippen LogP contribution in [0.1, 0.15) is 0 Å². The summed E-state index contributed by atoms with van der Waals surface area (Å²) in [7, 11) is -1.18. The second-order valence-electron chi connectivity index (χ2n) is 5.81. The average molecular weight is 306 g/mol. The minimum absolute atomic E-state index is 0.796. The molecule has 0 N–H and O–H groups in total. The molecule has 3 heterocycles. The standard InChI is InChI=1S/C10H23GeNO3Si/c1-16(2,3)10-11-13-7-4-12(5-8-14-11)6-9-15-11/h4-10H2,1-3H3. The van der Waals surface area contributed by atoms with E-state index in [1.165, 1.54) is 0 Å². The Hall–Kier alpha value is 0.600. The Bertz CT molecular complexity index is 220. The van der Waals surface area contributed by atoms with Gasteiger partial charge in [0.05, 0.1) is 0 Å². The summed E-state index contributed by atoms with van der Waals surface area (Å²) in [5.74, 6) is 0. The molecule has 0 amide bonds. The molecule has 3 rings (SSSR count). The quantitative estimate of drug-likeness (QED) is 0.717. The number of nitrogens with zero attached hydrogens (tertiary/aromatic N) is 1. The Morgan fingerprint density at radius 1 is 0.938 bits per heavy atom. The Morgan fingerprint density at radius 2 is 1.38 bits per heavy atom. The predicted octanol–water partition coefficient (Wildman–Crippen LogP) is 1.18. The van der Waals surface area contributed by atoms with Gasteiger partial charge in [0.25, 0.3) is 0 Å². The summed E-state index contributed by atoms with van der Waals surface area (Å²) in [6.45, 7) is 12.6. The van der Waals surface area contributed by atoms with Crippen molar-refractivity contribution in [3.05, 3.63) is 0 Å². The molecule has 4 nitrogen and oxygen atoms in total. The molecule has 3 fully saturated rings. The SMILES string of the molecule is C[Si](C)(C)[CH2][Ge]12[O]CCN(CC[O]1)CC[O]2. The van der Waals surface area contributed by atoms with Crippen molar-refractivity contribution in [3.63, 3.8) is 0 Å². The third-order valence-corrected chi connectivity index (χ3v) is 17.9. The monoisotopic (exact) mass is 307 g/mol. The molecule has 0 spiro atoms. The van der Waals surface area contributed by atoms with Crippen LogP contribution in [0.15, 0.2) is 0 Å². The molecular formula is C10H23GeNO3Si. The summed E-state index contributed by atoms with van der Waals surface area (Å²) in [4.78, 5) is 3.47. The Kier molecular flexibility index (Phi) is 4.14. The molecule has 0 aromatic carbocycles. The fraction of sp³-hybridized carbons (Fsp3) is 1.00. The Morgan fingerprint density at radius 3 is 1.75 bits per heavy atom. The molecule has 0 atom stereocenters. The summed E-state index contributed by atoms with van der Waals surface area (Å²) in [5, 5.41) is 0. The van der Waals surface area contributed by atoms with Crippen LogP contribution in [-0.2, 0) is 11.3 Å². The molecule has 16 heavy (non-hydrogen) atoms. The van der Waals surface area contributed by atoms with Gasteiger partial charge in [0, 0.05) is 0 Å². The van der Waals surface area contributed by atoms with E-state index in [0.29, 0.717) is 0 Å². The molecule has 3 aliphatic rings. The van der Waals surface area contributed by atoms with Gasteiger partial charge in [0.1, 0.15) is 0 Å². The maximum absolute atomic E-state index is 6.05. The van der Waals surface area contributed by atoms with E-state index < -0.39 is 22.3 Å². The zero-order chi connectivity index (χ0) is 11.6. The first-order valence-corrected chi connectivity index (χ1v) is 13.9. The van der Waals surface area contributed by atoms with Crippen molar-refractivity contribution in [2.75, 3.05) is 39.5 Å². The Balaban J connectivity index is 2.08. The molecule has 3 aliphatic heterocycles. The van der Waals surface area contributed by atoms with E-state index in [9.17, 15) is 0 Å². The van der Waals surface area contributed by atoms with Crippen molar-refractivity contribution >= 4 is 22.3 Å². The van der Waals surface area contributed by atoms with Gasteiger partial charge in [-0.25, -0.2) is 0 Å². The zero-order valence-corrected chi connectivity index (χ0v) is 13.7. The van der Waals surface area contributed by atoms with Crippen LogP contribution in [-0.4, -0.2) is 66.7 Å². The minimum atomic E-state index is -2.88. The van der Waals surface area contributed by atoms with Gasteiger partial charge in [-0.1, -0.05) is 0 Å². The second kappa shape index (κ2) is 5.07. The van der Waals surface area contributed by atoms with Gasteiger partial charge in [-0.05, 0) is 0 Å². The van der Waals surface area contributed by atoms with E-state index in [2.05, 4.69) is 24.5 Å². The third-order valence-electron chi connectivity index (χ3n) is 2.94. The summed E-state index contributed by atoms with van der Waals surface area (Å²) in [6, 6.07) is 0. The van der Waals surface area contributed by atoms with Crippen LogP contribution in [0, 0.1) is 0 Å². The van der Waals surface area contributed by atoms with Crippen LogP contribution < -0.4 is 0 Å². The normalized spacial score (nSPS) is 36.6. The van der Waals surface area contributed by atoms with Crippen molar-refractivity contribution < 1.29 is 11.3 Å². The molecular weight excluding hydrogens is 283 g/mol. The molecule has 3 saturated heterocycles. The van der Waals surface area contributed by atoms with Gasteiger partial charge < -0.3 is 0 Å². The van der Waals surface area contributed by atoms with Crippen molar-refractivity contribution in [1.82, 2.24) is 4.90 Å². The van der Waals surface area contributed by atoms with E-state index in [-0.39, 0.29) is 0 Å². The first-order chi connectivity index (χ1) is 7.49. The van der Waals surface area contributed by atoms with Gasteiger partial charge in [0.2, 0.25) is 0 Å². The summed E-state index contributed by atoms with van der Waals surface area (Å²) in [6.07, 6.45) is 0. The zero-order valence-electron chi connectivity index (χ0n) is 10.6. The van der Waals surface area contributed by atoms with E-state index in [1.54, 1.807) is 0 Å². The number of rotatable bonds is 2. The van der Waals surface area contributed by atoms with Crippen LogP contribution in [0.4, 0.5) is 0 Å². The summed E-state index contributed by atoms with van der Waals surface area (Å²) >= 11 is -2.88. The van der Waals surface area contributed by atoms with E-state index >= 15 is 0 Å². The van der Waals surface area contributed by atoms with Gasteiger partial charge >= 0.3 is 103 Å². The molecule has 0 aromatic heterocycles. The van der Waals surface area contributed by atoms with Gasteiger partial charge in [-0.2, -0.15) is 0 Å². The molecule has 2 bridgehead atoms.